The lowest BCUT2D eigenvalue weighted by Crippen LogP contribution is -2.02. The molecule has 0 atom stereocenters. The number of rotatable bonds is 5. The van der Waals surface area contributed by atoms with Crippen LogP contribution in [0, 0.1) is 0 Å². The Bertz CT molecular complexity index is 707. The summed E-state index contributed by atoms with van der Waals surface area (Å²) in [5.41, 5.74) is 1.94. The van der Waals surface area contributed by atoms with Gasteiger partial charge in [0.05, 0.1) is 17.9 Å². The third-order valence-electron chi connectivity index (χ3n) is 3.09. The van der Waals surface area contributed by atoms with Gasteiger partial charge in [0.2, 0.25) is 0 Å². The maximum Gasteiger partial charge on any atom is 0.150 e. The minimum atomic E-state index is 0.663. The van der Waals surface area contributed by atoms with Gasteiger partial charge < -0.3 is 10.1 Å². The summed E-state index contributed by atoms with van der Waals surface area (Å²) in [4.78, 5) is 0. The standard InChI is InChI=1S/C17H17N3O/c1-20-12-11-14(19-20)13-18-16-9-5-6-10-17(16)21-15-7-3-2-4-8-15/h2-12,18H,13H2,1H3. The zero-order valence-corrected chi connectivity index (χ0v) is 11.9. The minimum absolute atomic E-state index is 0.663. The zero-order chi connectivity index (χ0) is 14.5. The summed E-state index contributed by atoms with van der Waals surface area (Å²) < 4.78 is 7.71. The molecule has 0 bridgehead atoms. The molecule has 0 saturated heterocycles. The van der Waals surface area contributed by atoms with Gasteiger partial charge >= 0.3 is 0 Å². The first-order valence-corrected chi connectivity index (χ1v) is 6.85. The van der Waals surface area contributed by atoms with Crippen LogP contribution in [0.1, 0.15) is 5.69 Å². The highest BCUT2D eigenvalue weighted by Crippen LogP contribution is 2.29. The quantitative estimate of drug-likeness (QED) is 0.771. The number of para-hydroxylation sites is 3. The van der Waals surface area contributed by atoms with Crippen LogP contribution in [0.5, 0.6) is 11.5 Å². The van der Waals surface area contributed by atoms with Crippen molar-refractivity contribution in [1.82, 2.24) is 9.78 Å². The second-order valence-electron chi connectivity index (χ2n) is 4.75. The van der Waals surface area contributed by atoms with Crippen LogP contribution in [-0.2, 0) is 13.6 Å². The Hall–Kier alpha value is -2.75. The summed E-state index contributed by atoms with van der Waals surface area (Å²) in [5.74, 6) is 1.63. The lowest BCUT2D eigenvalue weighted by atomic mass is 10.2. The second-order valence-corrected chi connectivity index (χ2v) is 4.75. The predicted octanol–water partition coefficient (Wildman–Crippen LogP) is 3.82. The van der Waals surface area contributed by atoms with E-state index in [9.17, 15) is 0 Å². The highest BCUT2D eigenvalue weighted by molar-refractivity contribution is 5.57. The number of nitrogens with one attached hydrogen (secondary N) is 1. The van der Waals surface area contributed by atoms with E-state index >= 15 is 0 Å². The first-order chi connectivity index (χ1) is 10.3. The third kappa shape index (κ3) is 3.42. The number of nitrogens with zero attached hydrogens (tertiary/aromatic N) is 2. The van der Waals surface area contributed by atoms with Crippen molar-refractivity contribution in [2.45, 2.75) is 6.54 Å². The fourth-order valence-electron chi connectivity index (χ4n) is 2.06. The van der Waals surface area contributed by atoms with Gasteiger partial charge in [0.15, 0.2) is 5.75 Å². The SMILES string of the molecule is Cn1ccc(CNc2ccccc2Oc2ccccc2)n1. The molecule has 1 aromatic heterocycles. The largest absolute Gasteiger partial charge is 0.455 e. The molecule has 4 heteroatoms. The lowest BCUT2D eigenvalue weighted by Gasteiger charge is -2.12. The molecule has 106 valence electrons. The average Bonchev–Trinajstić information content (AvgIpc) is 2.93. The molecule has 21 heavy (non-hydrogen) atoms. The molecule has 1 N–H and O–H groups in total. The molecular formula is C17H17N3O. The molecule has 2 aromatic carbocycles. The molecule has 3 rings (SSSR count). The van der Waals surface area contributed by atoms with Gasteiger partial charge in [-0.3, -0.25) is 4.68 Å². The van der Waals surface area contributed by atoms with E-state index in [4.69, 9.17) is 4.74 Å². The highest BCUT2D eigenvalue weighted by atomic mass is 16.5. The van der Waals surface area contributed by atoms with Gasteiger partial charge in [-0.25, -0.2) is 0 Å². The van der Waals surface area contributed by atoms with Crippen LogP contribution in [0.3, 0.4) is 0 Å². The summed E-state index contributed by atoms with van der Waals surface area (Å²) >= 11 is 0. The first-order valence-electron chi connectivity index (χ1n) is 6.85. The van der Waals surface area contributed by atoms with Crippen LogP contribution >= 0.6 is 0 Å². The molecule has 0 amide bonds. The van der Waals surface area contributed by atoms with Crippen molar-refractivity contribution in [3.8, 4) is 11.5 Å². The Morgan fingerprint density at radius 1 is 1.00 bits per heavy atom. The van der Waals surface area contributed by atoms with E-state index in [1.54, 1.807) is 4.68 Å². The fourth-order valence-corrected chi connectivity index (χ4v) is 2.06. The zero-order valence-electron chi connectivity index (χ0n) is 11.9. The van der Waals surface area contributed by atoms with Crippen molar-refractivity contribution in [3.05, 3.63) is 72.6 Å². The fraction of sp³-hybridized carbons (Fsp3) is 0.118. The third-order valence-corrected chi connectivity index (χ3v) is 3.09. The molecular weight excluding hydrogens is 262 g/mol. The Morgan fingerprint density at radius 2 is 1.76 bits per heavy atom. The van der Waals surface area contributed by atoms with E-state index in [2.05, 4.69) is 10.4 Å². The number of aromatic nitrogens is 2. The first kappa shape index (κ1) is 13.2. The number of ether oxygens (including phenoxy) is 1. The van der Waals surface area contributed by atoms with Crippen LogP contribution in [-0.4, -0.2) is 9.78 Å². The maximum absolute atomic E-state index is 5.92. The van der Waals surface area contributed by atoms with Crippen LogP contribution in [0.25, 0.3) is 0 Å². The summed E-state index contributed by atoms with van der Waals surface area (Å²) in [6.07, 6.45) is 1.93. The molecule has 3 aromatic rings. The topological polar surface area (TPSA) is 39.1 Å². The van der Waals surface area contributed by atoms with Gasteiger partial charge in [-0.05, 0) is 30.3 Å². The van der Waals surface area contributed by atoms with Crippen LogP contribution in [0.15, 0.2) is 66.9 Å². The monoisotopic (exact) mass is 279 g/mol. The van der Waals surface area contributed by atoms with E-state index in [1.807, 2.05) is 73.9 Å². The number of anilines is 1. The molecule has 0 fully saturated rings. The number of benzene rings is 2. The number of hydrogen-bond donors (Lipinski definition) is 1. The lowest BCUT2D eigenvalue weighted by molar-refractivity contribution is 0.484. The molecule has 1 heterocycles. The summed E-state index contributed by atoms with van der Waals surface area (Å²) in [6, 6.07) is 19.7. The van der Waals surface area contributed by atoms with Crippen molar-refractivity contribution < 1.29 is 4.74 Å². The average molecular weight is 279 g/mol. The van der Waals surface area contributed by atoms with Gasteiger partial charge in [0, 0.05) is 13.2 Å². The molecule has 0 aliphatic rings. The summed E-state index contributed by atoms with van der Waals surface area (Å²) in [6.45, 7) is 0.663. The normalized spacial score (nSPS) is 10.3. The van der Waals surface area contributed by atoms with Crippen LogP contribution < -0.4 is 10.1 Å². The van der Waals surface area contributed by atoms with Crippen molar-refractivity contribution in [3.63, 3.8) is 0 Å². The maximum atomic E-state index is 5.92. The van der Waals surface area contributed by atoms with E-state index in [0.717, 1.165) is 22.9 Å². The molecule has 0 spiro atoms. The Labute approximate surface area is 124 Å². The van der Waals surface area contributed by atoms with E-state index in [0.29, 0.717) is 6.54 Å². The highest BCUT2D eigenvalue weighted by Gasteiger charge is 2.05. The molecule has 0 aliphatic heterocycles. The van der Waals surface area contributed by atoms with Crippen molar-refractivity contribution in [2.24, 2.45) is 7.05 Å². The van der Waals surface area contributed by atoms with Crippen LogP contribution in [0.2, 0.25) is 0 Å². The number of hydrogen-bond acceptors (Lipinski definition) is 3. The van der Waals surface area contributed by atoms with Gasteiger partial charge in [0.1, 0.15) is 5.75 Å². The molecule has 4 nitrogen and oxygen atoms in total. The van der Waals surface area contributed by atoms with Gasteiger partial charge in [0.25, 0.3) is 0 Å². The van der Waals surface area contributed by atoms with Gasteiger partial charge in [-0.15, -0.1) is 0 Å². The van der Waals surface area contributed by atoms with E-state index < -0.39 is 0 Å². The Kier molecular flexibility index (Phi) is 3.87. The molecule has 0 radical (unpaired) electrons. The molecule has 0 aliphatic carbocycles. The van der Waals surface area contributed by atoms with Crippen molar-refractivity contribution in [1.29, 1.82) is 0 Å². The Balaban J connectivity index is 1.73. The smallest absolute Gasteiger partial charge is 0.150 e. The predicted molar refractivity (Wildman–Crippen MR) is 83.5 cm³/mol. The summed E-state index contributed by atoms with van der Waals surface area (Å²) in [5, 5.41) is 7.72. The molecule has 0 saturated carbocycles. The van der Waals surface area contributed by atoms with Crippen molar-refractivity contribution >= 4 is 5.69 Å². The Morgan fingerprint density at radius 3 is 2.52 bits per heavy atom. The van der Waals surface area contributed by atoms with Gasteiger partial charge in [-0.1, -0.05) is 30.3 Å². The number of aryl methyl sites for hydroxylation is 1. The second kappa shape index (κ2) is 6.13. The van der Waals surface area contributed by atoms with E-state index in [1.165, 1.54) is 0 Å². The van der Waals surface area contributed by atoms with Crippen molar-refractivity contribution in [2.75, 3.05) is 5.32 Å². The van der Waals surface area contributed by atoms with Crippen LogP contribution in [0.4, 0.5) is 5.69 Å². The summed E-state index contributed by atoms with van der Waals surface area (Å²) in [7, 11) is 1.91. The van der Waals surface area contributed by atoms with Gasteiger partial charge in [-0.2, -0.15) is 5.10 Å². The molecule has 0 unspecified atom stereocenters. The minimum Gasteiger partial charge on any atom is -0.455 e. The van der Waals surface area contributed by atoms with E-state index in [-0.39, 0.29) is 0 Å².